The lowest BCUT2D eigenvalue weighted by atomic mass is 9.80. The van der Waals surface area contributed by atoms with Gasteiger partial charge >= 0.3 is 0 Å². The van der Waals surface area contributed by atoms with Gasteiger partial charge < -0.3 is 14.7 Å². The second kappa shape index (κ2) is 5.68. The molecule has 0 bridgehead atoms. The van der Waals surface area contributed by atoms with Gasteiger partial charge in [-0.15, -0.1) is 0 Å². The summed E-state index contributed by atoms with van der Waals surface area (Å²) in [7, 11) is 2.25. The van der Waals surface area contributed by atoms with Crippen molar-refractivity contribution in [1.82, 2.24) is 14.7 Å². The molecule has 0 N–H and O–H groups in total. The average molecular weight is 239 g/mol. The summed E-state index contributed by atoms with van der Waals surface area (Å²) in [5.41, 5.74) is 0.570. The Morgan fingerprint density at radius 2 is 1.41 bits per heavy atom. The van der Waals surface area contributed by atoms with Crippen LogP contribution in [0.15, 0.2) is 0 Å². The second-order valence-electron chi connectivity index (χ2n) is 6.32. The molecule has 0 aromatic heterocycles. The highest BCUT2D eigenvalue weighted by molar-refractivity contribution is 4.85. The van der Waals surface area contributed by atoms with E-state index in [9.17, 15) is 0 Å². The van der Waals surface area contributed by atoms with E-state index >= 15 is 0 Å². The molecule has 2 fully saturated rings. The highest BCUT2D eigenvalue weighted by atomic mass is 15.3. The van der Waals surface area contributed by atoms with E-state index in [1.807, 2.05) is 0 Å². The van der Waals surface area contributed by atoms with E-state index in [0.717, 1.165) is 0 Å². The van der Waals surface area contributed by atoms with Crippen molar-refractivity contribution < 1.29 is 0 Å². The van der Waals surface area contributed by atoms with Crippen molar-refractivity contribution in [2.75, 3.05) is 59.4 Å². The summed E-state index contributed by atoms with van der Waals surface area (Å²) in [5.74, 6) is 0. The standard InChI is InChI=1S/C14H29N3/c1-4-16-9-11-17(12-10-16)13-14(2)5-7-15(3)8-6-14/h4-13H2,1-3H3. The van der Waals surface area contributed by atoms with Crippen molar-refractivity contribution in [3.05, 3.63) is 0 Å². The highest BCUT2D eigenvalue weighted by Gasteiger charge is 2.31. The quantitative estimate of drug-likeness (QED) is 0.736. The Hall–Kier alpha value is -0.120. The molecule has 0 aromatic carbocycles. The fourth-order valence-electron chi connectivity index (χ4n) is 3.12. The molecule has 2 aliphatic rings. The molecule has 2 aliphatic heterocycles. The molecule has 2 heterocycles. The van der Waals surface area contributed by atoms with Crippen molar-refractivity contribution in [3.8, 4) is 0 Å². The molecular weight excluding hydrogens is 210 g/mol. The summed E-state index contributed by atoms with van der Waals surface area (Å²) in [6.07, 6.45) is 2.75. The van der Waals surface area contributed by atoms with E-state index in [-0.39, 0.29) is 0 Å². The normalized spacial score (nSPS) is 28.4. The lowest BCUT2D eigenvalue weighted by molar-refractivity contribution is 0.0569. The molecule has 2 saturated heterocycles. The third-order valence-corrected chi connectivity index (χ3v) is 4.71. The molecule has 0 spiro atoms. The smallest absolute Gasteiger partial charge is 0.0110 e. The number of hydrogen-bond acceptors (Lipinski definition) is 3. The first-order chi connectivity index (χ1) is 8.11. The first kappa shape index (κ1) is 13.3. The topological polar surface area (TPSA) is 9.72 Å². The zero-order valence-corrected chi connectivity index (χ0v) is 11.9. The van der Waals surface area contributed by atoms with Gasteiger partial charge in [0.25, 0.3) is 0 Å². The zero-order chi connectivity index (χ0) is 12.3. The summed E-state index contributed by atoms with van der Waals surface area (Å²) in [4.78, 5) is 7.72. The minimum atomic E-state index is 0.570. The van der Waals surface area contributed by atoms with Crippen LogP contribution in [0.4, 0.5) is 0 Å². The lowest BCUT2D eigenvalue weighted by Crippen LogP contribution is -2.51. The van der Waals surface area contributed by atoms with Crippen molar-refractivity contribution >= 4 is 0 Å². The molecular formula is C14H29N3. The van der Waals surface area contributed by atoms with Crippen LogP contribution in [0.5, 0.6) is 0 Å². The van der Waals surface area contributed by atoms with E-state index in [2.05, 4.69) is 35.6 Å². The number of hydrogen-bond donors (Lipinski definition) is 0. The van der Waals surface area contributed by atoms with Gasteiger partial charge in [0.15, 0.2) is 0 Å². The van der Waals surface area contributed by atoms with Gasteiger partial charge in [-0.2, -0.15) is 0 Å². The fraction of sp³-hybridized carbons (Fsp3) is 1.00. The van der Waals surface area contributed by atoms with Gasteiger partial charge in [-0.3, -0.25) is 0 Å². The van der Waals surface area contributed by atoms with Crippen LogP contribution in [-0.2, 0) is 0 Å². The van der Waals surface area contributed by atoms with Crippen molar-refractivity contribution in [3.63, 3.8) is 0 Å². The Balaban J connectivity index is 1.77. The molecule has 3 heteroatoms. The van der Waals surface area contributed by atoms with Crippen LogP contribution in [0, 0.1) is 5.41 Å². The van der Waals surface area contributed by atoms with Crippen molar-refractivity contribution in [2.24, 2.45) is 5.41 Å². The van der Waals surface area contributed by atoms with E-state index in [0.29, 0.717) is 5.41 Å². The summed E-state index contributed by atoms with van der Waals surface area (Å²) >= 11 is 0. The van der Waals surface area contributed by atoms with Crippen LogP contribution in [0.1, 0.15) is 26.7 Å². The summed E-state index contributed by atoms with van der Waals surface area (Å²) < 4.78 is 0. The van der Waals surface area contributed by atoms with Gasteiger partial charge in [-0.1, -0.05) is 13.8 Å². The number of piperazine rings is 1. The maximum absolute atomic E-state index is 2.69. The third-order valence-electron chi connectivity index (χ3n) is 4.71. The summed E-state index contributed by atoms with van der Waals surface area (Å²) in [5, 5.41) is 0. The minimum absolute atomic E-state index is 0.570. The SMILES string of the molecule is CCN1CCN(CC2(C)CCN(C)CC2)CC1. The van der Waals surface area contributed by atoms with E-state index in [4.69, 9.17) is 0 Å². The van der Waals surface area contributed by atoms with Crippen LogP contribution >= 0.6 is 0 Å². The fourth-order valence-corrected chi connectivity index (χ4v) is 3.12. The maximum atomic E-state index is 2.69. The largest absolute Gasteiger partial charge is 0.306 e. The Kier molecular flexibility index (Phi) is 4.45. The van der Waals surface area contributed by atoms with Gasteiger partial charge in [0.2, 0.25) is 0 Å². The van der Waals surface area contributed by atoms with E-state index < -0.39 is 0 Å². The zero-order valence-electron chi connectivity index (χ0n) is 11.9. The first-order valence-electron chi connectivity index (χ1n) is 7.24. The van der Waals surface area contributed by atoms with Crippen LogP contribution in [0.25, 0.3) is 0 Å². The predicted molar refractivity (Wildman–Crippen MR) is 73.4 cm³/mol. The number of nitrogens with zero attached hydrogens (tertiary/aromatic N) is 3. The van der Waals surface area contributed by atoms with E-state index in [1.54, 1.807) is 0 Å². The van der Waals surface area contributed by atoms with Crippen LogP contribution in [0.2, 0.25) is 0 Å². The molecule has 0 unspecified atom stereocenters. The van der Waals surface area contributed by atoms with Crippen LogP contribution in [-0.4, -0.2) is 74.1 Å². The summed E-state index contributed by atoms with van der Waals surface area (Å²) in [6, 6.07) is 0. The molecule has 0 aliphatic carbocycles. The van der Waals surface area contributed by atoms with Crippen molar-refractivity contribution in [1.29, 1.82) is 0 Å². The molecule has 0 amide bonds. The van der Waals surface area contributed by atoms with Crippen LogP contribution < -0.4 is 0 Å². The molecule has 0 radical (unpaired) electrons. The highest BCUT2D eigenvalue weighted by Crippen LogP contribution is 2.31. The molecule has 2 rings (SSSR count). The van der Waals surface area contributed by atoms with Crippen LogP contribution in [0.3, 0.4) is 0 Å². The molecule has 100 valence electrons. The monoisotopic (exact) mass is 239 g/mol. The third kappa shape index (κ3) is 3.67. The number of piperidine rings is 1. The van der Waals surface area contributed by atoms with Crippen molar-refractivity contribution in [2.45, 2.75) is 26.7 Å². The number of rotatable bonds is 3. The van der Waals surface area contributed by atoms with Gasteiger partial charge in [-0.05, 0) is 44.9 Å². The van der Waals surface area contributed by atoms with E-state index in [1.165, 1.54) is 65.2 Å². The lowest BCUT2D eigenvalue weighted by Gasteiger charge is -2.43. The predicted octanol–water partition coefficient (Wildman–Crippen LogP) is 1.36. The Labute approximate surface area is 107 Å². The van der Waals surface area contributed by atoms with Gasteiger partial charge in [-0.25, -0.2) is 0 Å². The maximum Gasteiger partial charge on any atom is 0.0110 e. The average Bonchev–Trinajstić information content (AvgIpc) is 2.34. The first-order valence-corrected chi connectivity index (χ1v) is 7.24. The van der Waals surface area contributed by atoms with Gasteiger partial charge in [0.1, 0.15) is 0 Å². The molecule has 0 atom stereocenters. The van der Waals surface area contributed by atoms with Gasteiger partial charge in [0, 0.05) is 32.7 Å². The number of likely N-dealkylation sites (tertiary alicyclic amines) is 1. The molecule has 17 heavy (non-hydrogen) atoms. The minimum Gasteiger partial charge on any atom is -0.306 e. The second-order valence-corrected chi connectivity index (χ2v) is 6.32. The van der Waals surface area contributed by atoms with Gasteiger partial charge in [0.05, 0.1) is 0 Å². The molecule has 3 nitrogen and oxygen atoms in total. The Morgan fingerprint density at radius 3 is 1.94 bits per heavy atom. The Morgan fingerprint density at radius 1 is 0.882 bits per heavy atom. The molecule has 0 saturated carbocycles. The number of likely N-dealkylation sites (N-methyl/N-ethyl adjacent to an activating group) is 1. The Bertz CT molecular complexity index is 226. The summed E-state index contributed by atoms with van der Waals surface area (Å²) in [6.45, 7) is 15.0. The molecule has 0 aromatic rings.